The molecule has 2 unspecified atom stereocenters. The molecule has 0 saturated heterocycles. The van der Waals surface area contributed by atoms with Crippen LogP contribution < -0.4 is 5.32 Å². The smallest absolute Gasteiger partial charge is 0.0734 e. The number of hydrogen-bond acceptors (Lipinski definition) is 3. The zero-order valence-corrected chi connectivity index (χ0v) is 13.3. The highest BCUT2D eigenvalue weighted by Crippen LogP contribution is 2.36. The van der Waals surface area contributed by atoms with Crippen LogP contribution in [0.15, 0.2) is 0 Å². The second-order valence-corrected chi connectivity index (χ2v) is 6.45. The van der Waals surface area contributed by atoms with Gasteiger partial charge in [-0.05, 0) is 37.6 Å². The highest BCUT2D eigenvalue weighted by Gasteiger charge is 2.34. The third kappa shape index (κ3) is 6.73. The van der Waals surface area contributed by atoms with E-state index in [2.05, 4.69) is 33.0 Å². The molecule has 0 aliphatic heterocycles. The number of hydrogen-bond donors (Lipinski definition) is 1. The Balaban J connectivity index is 2.25. The monoisotopic (exact) mass is 271 g/mol. The first-order valence-electron chi connectivity index (χ1n) is 8.02. The molecule has 3 nitrogen and oxygen atoms in total. The van der Waals surface area contributed by atoms with Crippen LogP contribution in [0.25, 0.3) is 0 Å². The molecule has 0 heterocycles. The zero-order valence-electron chi connectivity index (χ0n) is 13.3. The predicted molar refractivity (Wildman–Crippen MR) is 80.6 cm³/mol. The van der Waals surface area contributed by atoms with Crippen LogP contribution in [0, 0.1) is 5.41 Å². The highest BCUT2D eigenvalue weighted by atomic mass is 16.5. The van der Waals surface area contributed by atoms with Crippen LogP contribution in [0.2, 0.25) is 0 Å². The van der Waals surface area contributed by atoms with Gasteiger partial charge < -0.3 is 14.8 Å². The largest absolute Gasteiger partial charge is 0.379 e. The zero-order chi connectivity index (χ0) is 14.1. The summed E-state index contributed by atoms with van der Waals surface area (Å²) in [6.07, 6.45) is 6.36. The second kappa shape index (κ2) is 8.93. The van der Waals surface area contributed by atoms with Crippen molar-refractivity contribution in [3.63, 3.8) is 0 Å². The van der Waals surface area contributed by atoms with Crippen molar-refractivity contribution in [2.45, 2.75) is 71.9 Å². The first-order chi connectivity index (χ1) is 9.09. The topological polar surface area (TPSA) is 30.5 Å². The van der Waals surface area contributed by atoms with E-state index in [1.165, 1.54) is 19.3 Å². The Morgan fingerprint density at radius 1 is 1.16 bits per heavy atom. The Labute approximate surface area is 119 Å². The van der Waals surface area contributed by atoms with E-state index in [4.69, 9.17) is 9.47 Å². The Bertz CT molecular complexity index is 231. The summed E-state index contributed by atoms with van der Waals surface area (Å²) in [5.41, 5.74) is 0.416. The number of ether oxygens (including phenoxy) is 2. The minimum atomic E-state index is 0.346. The highest BCUT2D eigenvalue weighted by molar-refractivity contribution is 4.89. The molecule has 0 amide bonds. The van der Waals surface area contributed by atoms with Crippen molar-refractivity contribution in [1.29, 1.82) is 0 Å². The van der Waals surface area contributed by atoms with E-state index in [-0.39, 0.29) is 0 Å². The van der Waals surface area contributed by atoms with Crippen molar-refractivity contribution in [3.8, 4) is 0 Å². The number of rotatable bonds is 9. The molecule has 1 N–H and O–H groups in total. The molecule has 0 bridgehead atoms. The van der Waals surface area contributed by atoms with Gasteiger partial charge >= 0.3 is 0 Å². The first kappa shape index (κ1) is 16.9. The Morgan fingerprint density at radius 3 is 2.63 bits per heavy atom. The third-order valence-corrected chi connectivity index (χ3v) is 4.00. The summed E-state index contributed by atoms with van der Waals surface area (Å²) in [4.78, 5) is 0. The van der Waals surface area contributed by atoms with Gasteiger partial charge in [0.05, 0.1) is 19.3 Å². The second-order valence-electron chi connectivity index (χ2n) is 6.45. The molecule has 1 aliphatic rings. The average molecular weight is 271 g/mol. The van der Waals surface area contributed by atoms with Crippen LogP contribution in [0.3, 0.4) is 0 Å². The van der Waals surface area contributed by atoms with Crippen LogP contribution in [-0.2, 0) is 9.47 Å². The van der Waals surface area contributed by atoms with Crippen molar-refractivity contribution in [2.24, 2.45) is 5.41 Å². The molecule has 1 aliphatic carbocycles. The summed E-state index contributed by atoms with van der Waals surface area (Å²) in [6.45, 7) is 12.4. The molecular formula is C16H33NO2. The maximum absolute atomic E-state index is 6.08. The standard InChI is InChI=1S/C16H33NO2/c1-5-7-10-18-11-12-19-15-13-16(3,4)9-8-14(15)17-6-2/h14-15,17H,5-13H2,1-4H3. The maximum Gasteiger partial charge on any atom is 0.0734 e. The lowest BCUT2D eigenvalue weighted by atomic mass is 9.74. The average Bonchev–Trinajstić information content (AvgIpc) is 2.36. The van der Waals surface area contributed by atoms with E-state index in [9.17, 15) is 0 Å². The van der Waals surface area contributed by atoms with Crippen LogP contribution in [0.4, 0.5) is 0 Å². The third-order valence-electron chi connectivity index (χ3n) is 4.00. The van der Waals surface area contributed by atoms with Crippen molar-refractivity contribution < 1.29 is 9.47 Å². The van der Waals surface area contributed by atoms with Gasteiger partial charge in [0.15, 0.2) is 0 Å². The molecule has 1 saturated carbocycles. The van der Waals surface area contributed by atoms with Crippen LogP contribution in [-0.4, -0.2) is 38.5 Å². The molecule has 0 aromatic heterocycles. The van der Waals surface area contributed by atoms with Gasteiger partial charge in [0.25, 0.3) is 0 Å². The van der Waals surface area contributed by atoms with E-state index in [1.54, 1.807) is 0 Å². The van der Waals surface area contributed by atoms with Gasteiger partial charge in [0.1, 0.15) is 0 Å². The van der Waals surface area contributed by atoms with Gasteiger partial charge in [-0.3, -0.25) is 0 Å². The number of nitrogens with one attached hydrogen (secondary N) is 1. The van der Waals surface area contributed by atoms with Gasteiger partial charge in [-0.2, -0.15) is 0 Å². The summed E-state index contributed by atoms with van der Waals surface area (Å²) in [7, 11) is 0. The molecule has 19 heavy (non-hydrogen) atoms. The van der Waals surface area contributed by atoms with Gasteiger partial charge in [-0.1, -0.05) is 34.1 Å². The van der Waals surface area contributed by atoms with E-state index in [1.807, 2.05) is 0 Å². The number of likely N-dealkylation sites (N-methyl/N-ethyl adjacent to an activating group) is 1. The van der Waals surface area contributed by atoms with Gasteiger partial charge in [0, 0.05) is 12.6 Å². The van der Waals surface area contributed by atoms with Gasteiger partial charge in [-0.15, -0.1) is 0 Å². The normalized spacial score (nSPS) is 26.5. The lowest BCUT2D eigenvalue weighted by molar-refractivity contribution is -0.0491. The summed E-state index contributed by atoms with van der Waals surface area (Å²) >= 11 is 0. The molecule has 3 heteroatoms. The summed E-state index contributed by atoms with van der Waals surface area (Å²) in [6, 6.07) is 0.522. The molecule has 1 rings (SSSR count). The fourth-order valence-corrected chi connectivity index (χ4v) is 2.80. The molecule has 0 spiro atoms. The molecular weight excluding hydrogens is 238 g/mol. The molecule has 2 atom stereocenters. The van der Waals surface area contributed by atoms with E-state index in [0.717, 1.165) is 39.2 Å². The minimum Gasteiger partial charge on any atom is -0.379 e. The van der Waals surface area contributed by atoms with Crippen LogP contribution in [0.1, 0.15) is 59.8 Å². The van der Waals surface area contributed by atoms with Gasteiger partial charge in [-0.25, -0.2) is 0 Å². The fourth-order valence-electron chi connectivity index (χ4n) is 2.80. The van der Waals surface area contributed by atoms with Crippen LogP contribution >= 0.6 is 0 Å². The predicted octanol–water partition coefficient (Wildman–Crippen LogP) is 3.38. The summed E-state index contributed by atoms with van der Waals surface area (Å²) in [5.74, 6) is 0. The Hall–Kier alpha value is -0.120. The van der Waals surface area contributed by atoms with Crippen molar-refractivity contribution >= 4 is 0 Å². The Morgan fingerprint density at radius 2 is 1.95 bits per heavy atom. The van der Waals surface area contributed by atoms with Crippen LogP contribution in [0.5, 0.6) is 0 Å². The van der Waals surface area contributed by atoms with E-state index < -0.39 is 0 Å². The van der Waals surface area contributed by atoms with Crippen molar-refractivity contribution in [3.05, 3.63) is 0 Å². The lowest BCUT2D eigenvalue weighted by Crippen LogP contribution is -2.47. The van der Waals surface area contributed by atoms with Crippen molar-refractivity contribution in [1.82, 2.24) is 5.32 Å². The lowest BCUT2D eigenvalue weighted by Gasteiger charge is -2.40. The van der Waals surface area contributed by atoms with E-state index >= 15 is 0 Å². The Kier molecular flexibility index (Phi) is 7.96. The summed E-state index contributed by atoms with van der Waals surface area (Å²) in [5, 5.41) is 3.57. The fraction of sp³-hybridized carbons (Fsp3) is 1.00. The summed E-state index contributed by atoms with van der Waals surface area (Å²) < 4.78 is 11.6. The molecule has 0 radical (unpaired) electrons. The van der Waals surface area contributed by atoms with Crippen molar-refractivity contribution in [2.75, 3.05) is 26.4 Å². The van der Waals surface area contributed by atoms with Gasteiger partial charge in [0.2, 0.25) is 0 Å². The maximum atomic E-state index is 6.08. The first-order valence-corrected chi connectivity index (χ1v) is 8.02. The molecule has 0 aromatic rings. The molecule has 114 valence electrons. The number of unbranched alkanes of at least 4 members (excludes halogenated alkanes) is 1. The SMILES string of the molecule is CCCCOCCOC1CC(C)(C)CCC1NCC. The molecule has 0 aromatic carbocycles. The van der Waals surface area contributed by atoms with E-state index in [0.29, 0.717) is 17.6 Å². The molecule has 1 fully saturated rings. The minimum absolute atomic E-state index is 0.346. The quantitative estimate of drug-likeness (QED) is 0.652.